The van der Waals surface area contributed by atoms with Crippen molar-refractivity contribution in [3.8, 4) is 0 Å². The molecule has 1 fully saturated rings. The number of carbonyl (C=O) groups is 1. The molecule has 5 heteroatoms. The minimum atomic E-state index is -0.722. The van der Waals surface area contributed by atoms with Gasteiger partial charge < -0.3 is 10.2 Å². The molecule has 1 unspecified atom stereocenters. The van der Waals surface area contributed by atoms with Gasteiger partial charge in [-0.05, 0) is 37.8 Å². The Morgan fingerprint density at radius 3 is 2.60 bits per heavy atom. The zero-order chi connectivity index (χ0) is 14.7. The van der Waals surface area contributed by atoms with Crippen molar-refractivity contribution < 1.29 is 13.6 Å². The third kappa shape index (κ3) is 3.08. The molecule has 1 atom stereocenters. The molecular weight excluding hydrogens is 262 g/mol. The number of nitrogens with zero attached hydrogens (tertiary/aromatic N) is 1. The molecule has 0 saturated carbocycles. The fraction of sp³-hybridized carbons (Fsp3) is 0.533. The van der Waals surface area contributed by atoms with Gasteiger partial charge in [-0.15, -0.1) is 0 Å². The lowest BCUT2D eigenvalue weighted by molar-refractivity contribution is 0.0682. The van der Waals surface area contributed by atoms with E-state index in [0.717, 1.165) is 25.0 Å². The number of benzene rings is 1. The van der Waals surface area contributed by atoms with Crippen LogP contribution in [0.1, 0.15) is 37.0 Å². The van der Waals surface area contributed by atoms with Gasteiger partial charge in [0, 0.05) is 25.2 Å². The van der Waals surface area contributed by atoms with Crippen molar-refractivity contribution in [1.82, 2.24) is 4.90 Å². The van der Waals surface area contributed by atoms with Crippen LogP contribution in [0.2, 0.25) is 0 Å². The number of likely N-dealkylation sites (tertiary alicyclic amines) is 1. The van der Waals surface area contributed by atoms with Crippen LogP contribution in [0.3, 0.4) is 0 Å². The molecule has 1 N–H and O–H groups in total. The fourth-order valence-corrected chi connectivity index (χ4v) is 2.60. The Balaban J connectivity index is 2.22. The molecule has 0 aromatic heterocycles. The molecule has 2 rings (SSSR count). The average Bonchev–Trinajstić information content (AvgIpc) is 2.42. The van der Waals surface area contributed by atoms with Crippen LogP contribution in [-0.2, 0) is 0 Å². The highest BCUT2D eigenvalue weighted by molar-refractivity contribution is 5.94. The van der Waals surface area contributed by atoms with E-state index in [2.05, 4.69) is 12.2 Å². The molecule has 1 aromatic rings. The molecule has 0 aliphatic carbocycles. The summed E-state index contributed by atoms with van der Waals surface area (Å²) in [6.45, 7) is 5.56. The number of piperidine rings is 1. The summed E-state index contributed by atoms with van der Waals surface area (Å²) in [5.74, 6) is -1.30. The van der Waals surface area contributed by atoms with Gasteiger partial charge in [-0.3, -0.25) is 4.79 Å². The summed E-state index contributed by atoms with van der Waals surface area (Å²) in [5, 5.41) is 2.62. The van der Waals surface area contributed by atoms with E-state index in [4.69, 9.17) is 0 Å². The second kappa shape index (κ2) is 6.20. The van der Waals surface area contributed by atoms with Gasteiger partial charge in [-0.25, -0.2) is 8.78 Å². The molecule has 0 bridgehead atoms. The zero-order valence-electron chi connectivity index (χ0n) is 11.9. The van der Waals surface area contributed by atoms with Crippen LogP contribution in [0.25, 0.3) is 0 Å². The number of anilines is 1. The number of hydrogen-bond donors (Lipinski definition) is 1. The molecule has 1 aliphatic heterocycles. The number of carbonyl (C=O) groups excluding carboxylic acids is 1. The summed E-state index contributed by atoms with van der Waals surface area (Å²) in [4.78, 5) is 14.0. The molecule has 3 nitrogen and oxygen atoms in total. The topological polar surface area (TPSA) is 32.3 Å². The third-order valence-electron chi connectivity index (χ3n) is 3.59. The molecule has 1 aliphatic rings. The van der Waals surface area contributed by atoms with Gasteiger partial charge in [0.1, 0.15) is 17.3 Å². The molecule has 1 aromatic carbocycles. The van der Waals surface area contributed by atoms with Crippen LogP contribution in [0, 0.1) is 17.6 Å². The molecule has 20 heavy (non-hydrogen) atoms. The lowest BCUT2D eigenvalue weighted by Crippen LogP contribution is -2.39. The van der Waals surface area contributed by atoms with Crippen molar-refractivity contribution >= 4 is 11.6 Å². The van der Waals surface area contributed by atoms with E-state index in [1.165, 1.54) is 0 Å². The zero-order valence-corrected chi connectivity index (χ0v) is 11.9. The third-order valence-corrected chi connectivity index (χ3v) is 3.59. The van der Waals surface area contributed by atoms with Gasteiger partial charge in [-0.1, -0.05) is 6.92 Å². The maximum absolute atomic E-state index is 13.8. The van der Waals surface area contributed by atoms with Crippen LogP contribution in [0.15, 0.2) is 12.1 Å². The summed E-state index contributed by atoms with van der Waals surface area (Å²) < 4.78 is 27.7. The Hall–Kier alpha value is -1.65. The van der Waals surface area contributed by atoms with E-state index in [1.54, 1.807) is 11.8 Å². The smallest absolute Gasteiger partial charge is 0.254 e. The van der Waals surface area contributed by atoms with Crippen molar-refractivity contribution in [3.63, 3.8) is 0 Å². The average molecular weight is 282 g/mol. The van der Waals surface area contributed by atoms with E-state index < -0.39 is 11.6 Å². The summed E-state index contributed by atoms with van der Waals surface area (Å²) in [5.41, 5.74) is -0.0909. The Labute approximate surface area is 118 Å². The van der Waals surface area contributed by atoms with Crippen molar-refractivity contribution in [1.29, 1.82) is 0 Å². The first kappa shape index (κ1) is 14.8. The summed E-state index contributed by atoms with van der Waals surface area (Å²) in [6.07, 6.45) is 2.03. The predicted molar refractivity (Wildman–Crippen MR) is 74.8 cm³/mol. The van der Waals surface area contributed by atoms with Gasteiger partial charge in [-0.2, -0.15) is 0 Å². The molecule has 1 heterocycles. The quantitative estimate of drug-likeness (QED) is 0.923. The van der Waals surface area contributed by atoms with Gasteiger partial charge >= 0.3 is 0 Å². The van der Waals surface area contributed by atoms with Crippen molar-refractivity contribution in [2.45, 2.75) is 26.7 Å². The molecule has 0 radical (unpaired) electrons. The summed E-state index contributed by atoms with van der Waals surface area (Å²) in [6, 6.07) is 2.23. The predicted octanol–water partition coefficient (Wildman–Crippen LogP) is 3.27. The van der Waals surface area contributed by atoms with Gasteiger partial charge in [0.25, 0.3) is 5.91 Å². The van der Waals surface area contributed by atoms with Crippen LogP contribution >= 0.6 is 0 Å². The molecule has 0 spiro atoms. The molecule has 110 valence electrons. The number of rotatable bonds is 3. The molecule has 1 amide bonds. The summed E-state index contributed by atoms with van der Waals surface area (Å²) >= 11 is 0. The second-order valence-corrected chi connectivity index (χ2v) is 5.34. The van der Waals surface area contributed by atoms with Gasteiger partial charge in [0.15, 0.2) is 0 Å². The standard InChI is InChI=1S/C15H20F2N2O/c1-3-18-14-12(16)7-11(8-13(14)17)15(20)19-6-4-5-10(2)9-19/h7-8,10,18H,3-6,9H2,1-2H3. The highest BCUT2D eigenvalue weighted by Gasteiger charge is 2.23. The Morgan fingerprint density at radius 1 is 1.40 bits per heavy atom. The van der Waals surface area contributed by atoms with Crippen molar-refractivity contribution in [3.05, 3.63) is 29.3 Å². The minimum absolute atomic E-state index is 0.0794. The van der Waals surface area contributed by atoms with Crippen molar-refractivity contribution in [2.75, 3.05) is 25.0 Å². The molecular formula is C15H20F2N2O. The monoisotopic (exact) mass is 282 g/mol. The minimum Gasteiger partial charge on any atom is -0.381 e. The number of nitrogens with one attached hydrogen (secondary N) is 1. The largest absolute Gasteiger partial charge is 0.381 e. The Morgan fingerprint density at radius 2 is 2.05 bits per heavy atom. The SMILES string of the molecule is CCNc1c(F)cc(C(=O)N2CCCC(C)C2)cc1F. The van der Waals surface area contributed by atoms with E-state index in [0.29, 0.717) is 25.6 Å². The number of amides is 1. The van der Waals surface area contributed by atoms with Gasteiger partial charge in [0.2, 0.25) is 0 Å². The second-order valence-electron chi connectivity index (χ2n) is 5.34. The highest BCUT2D eigenvalue weighted by atomic mass is 19.1. The van der Waals surface area contributed by atoms with E-state index in [1.807, 2.05) is 0 Å². The van der Waals surface area contributed by atoms with Gasteiger partial charge in [0.05, 0.1) is 0 Å². The van der Waals surface area contributed by atoms with E-state index in [-0.39, 0.29) is 17.2 Å². The van der Waals surface area contributed by atoms with Crippen LogP contribution in [0.4, 0.5) is 14.5 Å². The molecule has 1 saturated heterocycles. The van der Waals surface area contributed by atoms with E-state index in [9.17, 15) is 13.6 Å². The van der Waals surface area contributed by atoms with Crippen LogP contribution in [0.5, 0.6) is 0 Å². The number of hydrogen-bond acceptors (Lipinski definition) is 2. The van der Waals surface area contributed by atoms with Crippen molar-refractivity contribution in [2.24, 2.45) is 5.92 Å². The lowest BCUT2D eigenvalue weighted by Gasteiger charge is -2.31. The first-order chi connectivity index (χ1) is 9.52. The first-order valence-electron chi connectivity index (χ1n) is 7.05. The highest BCUT2D eigenvalue weighted by Crippen LogP contribution is 2.23. The Bertz CT molecular complexity index is 482. The maximum Gasteiger partial charge on any atom is 0.254 e. The summed E-state index contributed by atoms with van der Waals surface area (Å²) in [7, 11) is 0. The van der Waals surface area contributed by atoms with E-state index >= 15 is 0 Å². The Kier molecular flexibility index (Phi) is 4.57. The van der Waals surface area contributed by atoms with Crippen LogP contribution in [-0.4, -0.2) is 30.4 Å². The normalized spacial score (nSPS) is 19.0. The lowest BCUT2D eigenvalue weighted by atomic mass is 9.99. The maximum atomic E-state index is 13.8. The number of halogens is 2. The fourth-order valence-electron chi connectivity index (χ4n) is 2.60. The van der Waals surface area contributed by atoms with Crippen LogP contribution < -0.4 is 5.32 Å². The first-order valence-corrected chi connectivity index (χ1v) is 7.05.